The summed E-state index contributed by atoms with van der Waals surface area (Å²) in [6.07, 6.45) is 7.59. The van der Waals surface area contributed by atoms with Gasteiger partial charge in [-0.3, -0.25) is 0 Å². The maximum atomic E-state index is 14.2. The Morgan fingerprint density at radius 2 is 2.00 bits per heavy atom. The van der Waals surface area contributed by atoms with Crippen LogP contribution in [-0.2, 0) is 6.42 Å². The van der Waals surface area contributed by atoms with Gasteiger partial charge in [0.1, 0.15) is 11.9 Å². The van der Waals surface area contributed by atoms with Gasteiger partial charge in [-0.05, 0) is 97.2 Å². The normalized spacial score (nSPS) is 26.7. The van der Waals surface area contributed by atoms with Crippen molar-refractivity contribution in [1.82, 2.24) is 5.32 Å². The molecule has 1 heterocycles. The summed E-state index contributed by atoms with van der Waals surface area (Å²) < 4.78 is 14.2. The van der Waals surface area contributed by atoms with Crippen molar-refractivity contribution in [2.75, 3.05) is 6.54 Å². The minimum Gasteiger partial charge on any atom is -0.314 e. The van der Waals surface area contributed by atoms with Crippen molar-refractivity contribution in [1.29, 1.82) is 5.26 Å². The number of benzene rings is 2. The van der Waals surface area contributed by atoms with Crippen LogP contribution < -0.4 is 5.32 Å². The third kappa shape index (κ3) is 3.17. The van der Waals surface area contributed by atoms with Gasteiger partial charge < -0.3 is 5.32 Å². The Morgan fingerprint density at radius 1 is 1.11 bits per heavy atom. The van der Waals surface area contributed by atoms with Crippen molar-refractivity contribution in [3.8, 4) is 17.2 Å². The van der Waals surface area contributed by atoms with Gasteiger partial charge in [-0.25, -0.2) is 4.39 Å². The lowest BCUT2D eigenvalue weighted by molar-refractivity contribution is 0.277. The molecule has 27 heavy (non-hydrogen) atoms. The molecule has 1 N–H and O–H groups in total. The third-order valence-electron chi connectivity index (χ3n) is 6.87. The molecule has 3 atom stereocenters. The first-order valence-electron chi connectivity index (χ1n) is 10.3. The zero-order valence-electron chi connectivity index (χ0n) is 15.5. The van der Waals surface area contributed by atoms with Gasteiger partial charge in [0.25, 0.3) is 0 Å². The van der Waals surface area contributed by atoms with E-state index in [1.165, 1.54) is 55.8 Å². The molecule has 1 saturated heterocycles. The zero-order valence-corrected chi connectivity index (χ0v) is 15.5. The Bertz CT molecular complexity index is 909. The highest BCUT2D eigenvalue weighted by Gasteiger charge is 2.36. The fourth-order valence-corrected chi connectivity index (χ4v) is 5.30. The topological polar surface area (TPSA) is 35.8 Å². The van der Waals surface area contributed by atoms with E-state index in [0.29, 0.717) is 5.92 Å². The van der Waals surface area contributed by atoms with Gasteiger partial charge in [0.2, 0.25) is 0 Å². The monoisotopic (exact) mass is 360 g/mol. The molecule has 3 unspecified atom stereocenters. The minimum atomic E-state index is -0.419. The van der Waals surface area contributed by atoms with Gasteiger partial charge in [-0.2, -0.15) is 5.26 Å². The summed E-state index contributed by atoms with van der Waals surface area (Å²) in [6.45, 7) is 1.18. The zero-order chi connectivity index (χ0) is 18.4. The molecule has 2 aliphatic carbocycles. The highest BCUT2D eigenvalue weighted by Crippen LogP contribution is 2.47. The van der Waals surface area contributed by atoms with Gasteiger partial charge in [-0.15, -0.1) is 0 Å². The van der Waals surface area contributed by atoms with E-state index in [1.54, 1.807) is 6.07 Å². The number of halogens is 1. The Morgan fingerprint density at radius 3 is 2.78 bits per heavy atom. The summed E-state index contributed by atoms with van der Waals surface area (Å²) in [5, 5.41) is 12.7. The number of fused-ring (bicyclic) bond motifs is 2. The quantitative estimate of drug-likeness (QED) is 0.816. The van der Waals surface area contributed by atoms with E-state index < -0.39 is 5.82 Å². The molecular weight excluding hydrogens is 335 g/mol. The lowest BCUT2D eigenvalue weighted by atomic mass is 9.76. The van der Waals surface area contributed by atoms with E-state index in [0.717, 1.165) is 35.4 Å². The number of rotatable bonds is 4. The maximum absolute atomic E-state index is 14.2. The van der Waals surface area contributed by atoms with E-state index in [-0.39, 0.29) is 5.56 Å². The van der Waals surface area contributed by atoms with E-state index in [1.807, 2.05) is 12.1 Å². The summed E-state index contributed by atoms with van der Waals surface area (Å²) >= 11 is 0. The fraction of sp³-hybridized carbons (Fsp3) is 0.458. The van der Waals surface area contributed by atoms with Crippen LogP contribution >= 0.6 is 0 Å². The summed E-state index contributed by atoms with van der Waals surface area (Å²) in [5.41, 5.74) is 5.09. The first kappa shape index (κ1) is 17.0. The van der Waals surface area contributed by atoms with Crippen LogP contribution in [0.2, 0.25) is 0 Å². The van der Waals surface area contributed by atoms with Crippen LogP contribution in [0.15, 0.2) is 36.4 Å². The minimum absolute atomic E-state index is 0.119. The van der Waals surface area contributed by atoms with Gasteiger partial charge >= 0.3 is 0 Å². The van der Waals surface area contributed by atoms with Gasteiger partial charge in [0.15, 0.2) is 0 Å². The Balaban J connectivity index is 1.51. The first-order valence-corrected chi connectivity index (χ1v) is 10.3. The predicted molar refractivity (Wildman–Crippen MR) is 105 cm³/mol. The lowest BCUT2D eigenvalue weighted by Crippen LogP contribution is -2.24. The number of nitrogens with one attached hydrogen (secondary N) is 1. The molecule has 2 nitrogen and oxygen atoms in total. The van der Waals surface area contributed by atoms with Crippen LogP contribution in [0, 0.1) is 29.0 Å². The molecule has 3 fully saturated rings. The van der Waals surface area contributed by atoms with Crippen molar-refractivity contribution in [3.63, 3.8) is 0 Å². The molecule has 1 aliphatic heterocycles. The Kier molecular flexibility index (Phi) is 4.25. The fourth-order valence-electron chi connectivity index (χ4n) is 5.30. The molecule has 2 bridgehead atoms. The van der Waals surface area contributed by atoms with E-state index in [4.69, 9.17) is 5.26 Å². The predicted octanol–water partition coefficient (Wildman–Crippen LogP) is 5.17. The van der Waals surface area contributed by atoms with Crippen LogP contribution in [0.4, 0.5) is 4.39 Å². The lowest BCUT2D eigenvalue weighted by Gasteiger charge is -2.29. The average molecular weight is 360 g/mol. The van der Waals surface area contributed by atoms with E-state index >= 15 is 0 Å². The number of nitriles is 1. The molecule has 0 spiro atoms. The molecule has 5 rings (SSSR count). The molecular formula is C24H25FN2. The average Bonchev–Trinajstić information content (AvgIpc) is 3.45. The molecule has 2 aromatic rings. The van der Waals surface area contributed by atoms with Crippen LogP contribution in [0.5, 0.6) is 0 Å². The smallest absolute Gasteiger partial charge is 0.141 e. The Labute approximate surface area is 160 Å². The third-order valence-corrected chi connectivity index (χ3v) is 6.87. The summed E-state index contributed by atoms with van der Waals surface area (Å²) in [5.74, 6) is 1.78. The van der Waals surface area contributed by atoms with E-state index in [9.17, 15) is 4.39 Å². The van der Waals surface area contributed by atoms with Crippen molar-refractivity contribution in [2.45, 2.75) is 50.5 Å². The molecule has 3 heteroatoms. The number of hydrogen-bond donors (Lipinski definition) is 1. The molecule has 2 aromatic carbocycles. The van der Waals surface area contributed by atoms with Crippen molar-refractivity contribution in [3.05, 3.63) is 58.9 Å². The van der Waals surface area contributed by atoms with Crippen molar-refractivity contribution >= 4 is 0 Å². The van der Waals surface area contributed by atoms with Crippen LogP contribution in [0.3, 0.4) is 0 Å². The number of hydrogen-bond acceptors (Lipinski definition) is 2. The molecule has 138 valence electrons. The van der Waals surface area contributed by atoms with Gasteiger partial charge in [-0.1, -0.05) is 24.3 Å². The molecule has 2 saturated carbocycles. The highest BCUT2D eigenvalue weighted by molar-refractivity contribution is 5.71. The molecule has 0 amide bonds. The first-order chi connectivity index (χ1) is 13.2. The second-order valence-corrected chi connectivity index (χ2v) is 8.60. The maximum Gasteiger partial charge on any atom is 0.141 e. The van der Waals surface area contributed by atoms with Crippen molar-refractivity contribution in [2.24, 2.45) is 11.8 Å². The van der Waals surface area contributed by atoms with E-state index in [2.05, 4.69) is 23.5 Å². The second kappa shape index (κ2) is 6.77. The largest absolute Gasteiger partial charge is 0.314 e. The molecule has 0 radical (unpaired) electrons. The SMILES string of the molecule is N#Cc1ccc(-c2cccc(CC3CCC4CC3CN4)c2C2CC2)cc1F. The summed E-state index contributed by atoms with van der Waals surface area (Å²) in [7, 11) is 0. The van der Waals surface area contributed by atoms with Crippen LogP contribution in [0.25, 0.3) is 11.1 Å². The highest BCUT2D eigenvalue weighted by atomic mass is 19.1. The van der Waals surface area contributed by atoms with Gasteiger partial charge in [0.05, 0.1) is 5.56 Å². The van der Waals surface area contributed by atoms with Crippen molar-refractivity contribution < 1.29 is 4.39 Å². The summed E-state index contributed by atoms with van der Waals surface area (Å²) in [4.78, 5) is 0. The Hall–Kier alpha value is -2.18. The van der Waals surface area contributed by atoms with Gasteiger partial charge in [0, 0.05) is 6.04 Å². The molecule has 0 aromatic heterocycles. The summed E-state index contributed by atoms with van der Waals surface area (Å²) in [6, 6.07) is 14.3. The molecule has 3 aliphatic rings. The standard InChI is InChI=1S/C24H25FN2/c25-23-12-17(6-7-19(23)13-26)22-3-1-2-18(24(22)15-4-5-15)10-16-8-9-21-11-20(16)14-27-21/h1-3,6-7,12,15-16,20-21,27H,4-5,8-11,14H2. The van der Waals surface area contributed by atoms with Crippen LogP contribution in [0.1, 0.15) is 54.7 Å². The van der Waals surface area contributed by atoms with Crippen LogP contribution in [-0.4, -0.2) is 12.6 Å². The number of nitrogens with zero attached hydrogens (tertiary/aromatic N) is 1. The second-order valence-electron chi connectivity index (χ2n) is 8.60.